The summed E-state index contributed by atoms with van der Waals surface area (Å²) in [6, 6.07) is 42.8. The van der Waals surface area contributed by atoms with Gasteiger partial charge in [-0.3, -0.25) is 0 Å². The first kappa shape index (κ1) is 38.1. The van der Waals surface area contributed by atoms with Gasteiger partial charge in [0.1, 0.15) is 35.4 Å². The average Bonchev–Trinajstić information content (AvgIpc) is 3.16. The Labute approximate surface area is 320 Å². The van der Waals surface area contributed by atoms with Crippen LogP contribution in [0.3, 0.4) is 0 Å². The molecule has 0 saturated heterocycles. The fourth-order valence-corrected chi connectivity index (χ4v) is 7.93. The van der Waals surface area contributed by atoms with E-state index in [0.29, 0.717) is 35.2 Å². The molecule has 0 aliphatic carbocycles. The third kappa shape index (κ3) is 8.14. The van der Waals surface area contributed by atoms with Crippen LogP contribution in [-0.4, -0.2) is 15.0 Å². The van der Waals surface area contributed by atoms with Crippen LogP contribution in [0.4, 0.5) is 0 Å². The van der Waals surface area contributed by atoms with E-state index in [1.54, 1.807) is 42.5 Å². The molecule has 54 heavy (non-hydrogen) atoms. The Morgan fingerprint density at radius 3 is 1.22 bits per heavy atom. The number of hydrogen-bond acceptors (Lipinski definition) is 5. The minimum atomic E-state index is -3.79. The number of ether oxygens (including phenoxy) is 3. The first-order chi connectivity index (χ1) is 25.7. The lowest BCUT2D eigenvalue weighted by Crippen LogP contribution is -2.18. The van der Waals surface area contributed by atoms with Crippen molar-refractivity contribution in [3.05, 3.63) is 185 Å². The summed E-state index contributed by atoms with van der Waals surface area (Å²) in [5.74, 6) is 3.34. The zero-order valence-electron chi connectivity index (χ0n) is 32.1. The molecule has 0 heterocycles. The summed E-state index contributed by atoms with van der Waals surface area (Å²) in [6.07, 6.45) is 1.73. The Balaban J connectivity index is 1.12. The summed E-state index contributed by atoms with van der Waals surface area (Å²) in [5.41, 5.74) is 6.98. The molecular formula is C48H48O5S. The molecule has 6 aromatic carbocycles. The second kappa shape index (κ2) is 15.4. The quantitative estimate of drug-likeness (QED) is 0.110. The third-order valence-electron chi connectivity index (χ3n) is 10.2. The van der Waals surface area contributed by atoms with Gasteiger partial charge in [-0.15, -0.1) is 0 Å². The fourth-order valence-electron chi connectivity index (χ4n) is 6.50. The molecule has 0 bridgehead atoms. The second-order valence-corrected chi connectivity index (χ2v) is 16.8. The van der Waals surface area contributed by atoms with E-state index in [1.807, 2.05) is 50.2 Å². The highest BCUT2D eigenvalue weighted by Crippen LogP contribution is 2.37. The van der Waals surface area contributed by atoms with Gasteiger partial charge in [0.05, 0.1) is 9.79 Å². The molecule has 0 amide bonds. The van der Waals surface area contributed by atoms with E-state index in [4.69, 9.17) is 14.2 Å². The molecule has 0 aliphatic rings. The molecule has 0 radical (unpaired) electrons. The third-order valence-corrected chi connectivity index (χ3v) is 12.0. The minimum absolute atomic E-state index is 0.166. The van der Waals surface area contributed by atoms with E-state index < -0.39 is 9.84 Å². The molecule has 0 fully saturated rings. The zero-order chi connectivity index (χ0) is 38.7. The van der Waals surface area contributed by atoms with Gasteiger partial charge in [-0.05, 0) is 127 Å². The molecule has 5 nitrogen and oxygen atoms in total. The zero-order valence-corrected chi connectivity index (χ0v) is 33.0. The number of hydrogen-bond donors (Lipinski definition) is 0. The lowest BCUT2D eigenvalue weighted by molar-refractivity contribution is 0.363. The lowest BCUT2D eigenvalue weighted by Gasteiger charge is -2.26. The van der Waals surface area contributed by atoms with Crippen LogP contribution in [0.1, 0.15) is 66.6 Å². The van der Waals surface area contributed by atoms with Gasteiger partial charge in [-0.2, -0.15) is 0 Å². The largest absolute Gasteiger partial charge is 0.490 e. The van der Waals surface area contributed by atoms with Crippen LogP contribution in [0.2, 0.25) is 0 Å². The van der Waals surface area contributed by atoms with Crippen molar-refractivity contribution in [1.82, 2.24) is 0 Å². The van der Waals surface area contributed by atoms with Crippen molar-refractivity contribution in [2.75, 3.05) is 6.61 Å². The van der Waals surface area contributed by atoms with Gasteiger partial charge in [0.25, 0.3) is 0 Å². The maximum atomic E-state index is 13.8. The molecule has 0 spiro atoms. The SMILES string of the molecule is C=CCOc1ccc(C(C)(C)c2ccc(Oc3ccc(S(=O)(=O)c4ccc(Oc5ccc(C(C)(C)c6ccc(C)cc6)cc5)c(C)c4)cc3C)cc2)cc1. The van der Waals surface area contributed by atoms with Crippen molar-refractivity contribution in [3.8, 4) is 28.7 Å². The van der Waals surface area contributed by atoms with Gasteiger partial charge in [0, 0.05) is 10.8 Å². The number of aryl methyl sites for hydroxylation is 3. The summed E-state index contributed by atoms with van der Waals surface area (Å²) in [7, 11) is -3.79. The fraction of sp³-hybridized carbons (Fsp3) is 0.208. The van der Waals surface area contributed by atoms with Crippen LogP contribution in [0.25, 0.3) is 0 Å². The van der Waals surface area contributed by atoms with Crippen LogP contribution >= 0.6 is 0 Å². The molecule has 6 rings (SSSR count). The summed E-state index contributed by atoms with van der Waals surface area (Å²) < 4.78 is 45.6. The van der Waals surface area contributed by atoms with Gasteiger partial charge in [0.15, 0.2) is 0 Å². The molecule has 0 aromatic heterocycles. The minimum Gasteiger partial charge on any atom is -0.490 e. The van der Waals surface area contributed by atoms with Gasteiger partial charge < -0.3 is 14.2 Å². The molecule has 6 aromatic rings. The van der Waals surface area contributed by atoms with Crippen molar-refractivity contribution >= 4 is 9.84 Å². The number of sulfone groups is 1. The molecular weight excluding hydrogens is 689 g/mol. The van der Waals surface area contributed by atoms with E-state index in [1.165, 1.54) is 16.7 Å². The summed E-state index contributed by atoms with van der Waals surface area (Å²) in [5, 5.41) is 0. The van der Waals surface area contributed by atoms with Crippen LogP contribution in [0.15, 0.2) is 156 Å². The van der Waals surface area contributed by atoms with Gasteiger partial charge >= 0.3 is 0 Å². The first-order valence-corrected chi connectivity index (χ1v) is 19.6. The number of benzene rings is 6. The summed E-state index contributed by atoms with van der Waals surface area (Å²) in [4.78, 5) is 0.401. The van der Waals surface area contributed by atoms with Crippen molar-refractivity contribution < 1.29 is 22.6 Å². The Morgan fingerprint density at radius 1 is 0.519 bits per heavy atom. The molecule has 6 heteroatoms. The molecule has 0 N–H and O–H groups in total. The van der Waals surface area contributed by atoms with Gasteiger partial charge in [-0.25, -0.2) is 8.42 Å². The van der Waals surface area contributed by atoms with E-state index in [0.717, 1.165) is 22.4 Å². The van der Waals surface area contributed by atoms with Crippen molar-refractivity contribution in [1.29, 1.82) is 0 Å². The summed E-state index contributed by atoms with van der Waals surface area (Å²) in [6.45, 7) is 18.8. The highest BCUT2D eigenvalue weighted by Gasteiger charge is 2.25. The Kier molecular flexibility index (Phi) is 10.9. The van der Waals surface area contributed by atoms with E-state index in [9.17, 15) is 8.42 Å². The number of rotatable bonds is 13. The predicted molar refractivity (Wildman–Crippen MR) is 218 cm³/mol. The maximum absolute atomic E-state index is 13.8. The van der Waals surface area contributed by atoms with Crippen LogP contribution in [0, 0.1) is 20.8 Å². The molecule has 0 unspecified atom stereocenters. The Bertz CT molecular complexity index is 2350. The first-order valence-electron chi connectivity index (χ1n) is 18.1. The van der Waals surface area contributed by atoms with Crippen LogP contribution < -0.4 is 14.2 Å². The average molecular weight is 737 g/mol. The second-order valence-electron chi connectivity index (χ2n) is 14.9. The van der Waals surface area contributed by atoms with E-state index >= 15 is 0 Å². The van der Waals surface area contributed by atoms with Gasteiger partial charge in [0.2, 0.25) is 9.84 Å². The standard InChI is InChI=1S/C48H48O5S/c1-9-30-51-40-20-14-37(15-21-40)48(7,8)39-18-24-42(25-19-39)53-46-29-27-44(32-35(46)4)54(49,50)43-26-28-45(34(3)31-43)52-41-22-16-38(17-23-41)47(5,6)36-12-10-33(2)11-13-36/h9-29,31-32H,1,30H2,2-8H3. The molecule has 0 atom stereocenters. The van der Waals surface area contributed by atoms with Gasteiger partial charge in [-0.1, -0.05) is 107 Å². The normalized spacial score (nSPS) is 11.9. The van der Waals surface area contributed by atoms with E-state index in [2.05, 4.69) is 102 Å². The van der Waals surface area contributed by atoms with E-state index in [-0.39, 0.29) is 20.6 Å². The van der Waals surface area contributed by atoms with Crippen molar-refractivity contribution in [2.24, 2.45) is 0 Å². The highest BCUT2D eigenvalue weighted by atomic mass is 32.2. The maximum Gasteiger partial charge on any atom is 0.206 e. The highest BCUT2D eigenvalue weighted by molar-refractivity contribution is 7.91. The predicted octanol–water partition coefficient (Wildman–Crippen LogP) is 12.2. The Hall–Kier alpha value is -5.59. The molecule has 0 saturated carbocycles. The van der Waals surface area contributed by atoms with Crippen LogP contribution in [0.5, 0.6) is 28.7 Å². The Morgan fingerprint density at radius 2 is 0.870 bits per heavy atom. The van der Waals surface area contributed by atoms with Crippen molar-refractivity contribution in [2.45, 2.75) is 69.1 Å². The monoisotopic (exact) mass is 736 g/mol. The topological polar surface area (TPSA) is 61.8 Å². The summed E-state index contributed by atoms with van der Waals surface area (Å²) >= 11 is 0. The van der Waals surface area contributed by atoms with Crippen LogP contribution in [-0.2, 0) is 20.7 Å². The lowest BCUT2D eigenvalue weighted by atomic mass is 9.78. The molecule has 276 valence electrons. The smallest absolute Gasteiger partial charge is 0.206 e. The van der Waals surface area contributed by atoms with Crippen molar-refractivity contribution in [3.63, 3.8) is 0 Å². The molecule has 0 aliphatic heterocycles.